The lowest BCUT2D eigenvalue weighted by molar-refractivity contribution is 0.0692. The number of aromatic carboxylic acids is 1. The molecule has 0 amide bonds. The molecule has 3 aromatic rings. The zero-order valence-electron chi connectivity index (χ0n) is 15.4. The Morgan fingerprint density at radius 3 is 2.56 bits per heavy atom. The van der Waals surface area contributed by atoms with Crippen molar-refractivity contribution >= 4 is 38.4 Å². The molecule has 0 atom stereocenters. The van der Waals surface area contributed by atoms with Gasteiger partial charge in [-0.1, -0.05) is 37.6 Å². The van der Waals surface area contributed by atoms with E-state index < -0.39 is 15.8 Å². The van der Waals surface area contributed by atoms with Crippen molar-refractivity contribution in [2.24, 2.45) is 7.05 Å². The first-order valence-electron chi connectivity index (χ1n) is 8.28. The lowest BCUT2D eigenvalue weighted by atomic mass is 10.0. The minimum atomic E-state index is -3.23. The molecule has 2 aromatic heterocycles. The van der Waals surface area contributed by atoms with E-state index in [0.29, 0.717) is 27.7 Å². The molecule has 0 unspecified atom stereocenters. The SMILES string of the molecule is CC(C)c1nn(C)c2c(-c3ccc(CS(C)(=O)=O)c(Cl)c3)c(C(=O)O)[nH]c12. The average molecular weight is 410 g/mol. The third-order valence-electron chi connectivity index (χ3n) is 4.33. The molecule has 27 heavy (non-hydrogen) atoms. The molecule has 0 radical (unpaired) electrons. The van der Waals surface area contributed by atoms with Crippen LogP contribution in [0.25, 0.3) is 22.2 Å². The molecule has 144 valence electrons. The number of aromatic nitrogens is 3. The fraction of sp³-hybridized carbons (Fsp3) is 0.333. The molecule has 3 rings (SSSR count). The van der Waals surface area contributed by atoms with Gasteiger partial charge in [0.25, 0.3) is 0 Å². The topological polar surface area (TPSA) is 105 Å². The van der Waals surface area contributed by atoms with E-state index >= 15 is 0 Å². The zero-order valence-corrected chi connectivity index (χ0v) is 16.9. The summed E-state index contributed by atoms with van der Waals surface area (Å²) in [7, 11) is -1.47. The van der Waals surface area contributed by atoms with Gasteiger partial charge >= 0.3 is 5.97 Å². The van der Waals surface area contributed by atoms with Crippen molar-refractivity contribution in [1.29, 1.82) is 0 Å². The summed E-state index contributed by atoms with van der Waals surface area (Å²) in [5, 5.41) is 14.4. The summed E-state index contributed by atoms with van der Waals surface area (Å²) in [6, 6.07) is 4.89. The lowest BCUT2D eigenvalue weighted by Gasteiger charge is -2.08. The Balaban J connectivity index is 2.26. The molecule has 9 heteroatoms. The highest BCUT2D eigenvalue weighted by molar-refractivity contribution is 7.89. The van der Waals surface area contributed by atoms with Crippen molar-refractivity contribution in [2.45, 2.75) is 25.5 Å². The third kappa shape index (κ3) is 3.59. The van der Waals surface area contributed by atoms with Gasteiger partial charge in [0.1, 0.15) is 5.69 Å². The maximum absolute atomic E-state index is 11.8. The van der Waals surface area contributed by atoms with Crippen LogP contribution in [0.4, 0.5) is 0 Å². The molecule has 0 aliphatic rings. The number of benzene rings is 1. The normalized spacial score (nSPS) is 12.2. The Kier molecular flexibility index (Phi) is 4.81. The van der Waals surface area contributed by atoms with Gasteiger partial charge in [0.15, 0.2) is 9.84 Å². The van der Waals surface area contributed by atoms with E-state index in [4.69, 9.17) is 11.6 Å². The van der Waals surface area contributed by atoms with Crippen molar-refractivity contribution in [3.05, 3.63) is 40.2 Å². The maximum Gasteiger partial charge on any atom is 0.353 e. The van der Waals surface area contributed by atoms with E-state index in [1.54, 1.807) is 29.9 Å². The Hall–Kier alpha value is -2.32. The van der Waals surface area contributed by atoms with E-state index in [1.807, 2.05) is 13.8 Å². The van der Waals surface area contributed by atoms with Crippen LogP contribution < -0.4 is 0 Å². The van der Waals surface area contributed by atoms with Gasteiger partial charge in [-0.05, 0) is 23.1 Å². The van der Waals surface area contributed by atoms with Crippen LogP contribution in [0.5, 0.6) is 0 Å². The minimum Gasteiger partial charge on any atom is -0.477 e. The van der Waals surface area contributed by atoms with Crippen LogP contribution in [0, 0.1) is 0 Å². The van der Waals surface area contributed by atoms with E-state index in [2.05, 4.69) is 10.1 Å². The van der Waals surface area contributed by atoms with Crippen molar-refractivity contribution in [1.82, 2.24) is 14.8 Å². The number of aromatic amines is 1. The molecule has 7 nitrogen and oxygen atoms in total. The van der Waals surface area contributed by atoms with Gasteiger partial charge in [-0.15, -0.1) is 0 Å². The third-order valence-corrected chi connectivity index (χ3v) is 5.52. The number of hydrogen-bond donors (Lipinski definition) is 2. The van der Waals surface area contributed by atoms with E-state index in [1.165, 1.54) is 0 Å². The van der Waals surface area contributed by atoms with Gasteiger partial charge in [0, 0.05) is 23.9 Å². The summed E-state index contributed by atoms with van der Waals surface area (Å²) in [5.74, 6) is -1.15. The molecule has 2 N–H and O–H groups in total. The van der Waals surface area contributed by atoms with Crippen molar-refractivity contribution in [3.8, 4) is 11.1 Å². The number of rotatable bonds is 5. The van der Waals surface area contributed by atoms with Crippen LogP contribution in [0.3, 0.4) is 0 Å². The molecule has 0 aliphatic heterocycles. The Morgan fingerprint density at radius 1 is 1.37 bits per heavy atom. The Bertz CT molecular complexity index is 1160. The summed E-state index contributed by atoms with van der Waals surface area (Å²) >= 11 is 6.29. The molecule has 0 aliphatic carbocycles. The number of fused-ring (bicyclic) bond motifs is 1. The maximum atomic E-state index is 11.8. The summed E-state index contributed by atoms with van der Waals surface area (Å²) in [4.78, 5) is 14.8. The van der Waals surface area contributed by atoms with Gasteiger partial charge in [-0.3, -0.25) is 4.68 Å². The first-order chi connectivity index (χ1) is 12.5. The Labute approximate surface area is 161 Å². The number of aryl methyl sites for hydroxylation is 1. The number of halogens is 1. The molecule has 1 aromatic carbocycles. The summed E-state index contributed by atoms with van der Waals surface area (Å²) in [6.45, 7) is 3.97. The van der Waals surface area contributed by atoms with Crippen LogP contribution in [-0.4, -0.2) is 40.5 Å². The summed E-state index contributed by atoms with van der Waals surface area (Å²) < 4.78 is 24.7. The molecule has 0 bridgehead atoms. The van der Waals surface area contributed by atoms with E-state index in [9.17, 15) is 18.3 Å². The van der Waals surface area contributed by atoms with Crippen molar-refractivity contribution in [3.63, 3.8) is 0 Å². The van der Waals surface area contributed by atoms with Crippen LogP contribution in [0.2, 0.25) is 5.02 Å². The van der Waals surface area contributed by atoms with Crippen molar-refractivity contribution in [2.75, 3.05) is 6.26 Å². The van der Waals surface area contributed by atoms with Gasteiger partial charge in [-0.25, -0.2) is 13.2 Å². The van der Waals surface area contributed by atoms with Gasteiger partial charge in [0.2, 0.25) is 0 Å². The minimum absolute atomic E-state index is 0.0480. The van der Waals surface area contributed by atoms with E-state index in [0.717, 1.165) is 11.9 Å². The number of carboxylic acid groups (broad SMARTS) is 1. The number of H-pyrrole nitrogens is 1. The fourth-order valence-corrected chi connectivity index (χ4v) is 4.35. The second-order valence-electron chi connectivity index (χ2n) is 6.94. The van der Waals surface area contributed by atoms with E-state index in [-0.39, 0.29) is 22.4 Å². The number of sulfone groups is 1. The van der Waals surface area contributed by atoms with Crippen molar-refractivity contribution < 1.29 is 18.3 Å². The number of carboxylic acids is 1. The van der Waals surface area contributed by atoms with Crippen LogP contribution >= 0.6 is 11.6 Å². The number of nitrogens with one attached hydrogen (secondary N) is 1. The van der Waals surface area contributed by atoms with Crippen LogP contribution in [0.1, 0.15) is 41.5 Å². The Morgan fingerprint density at radius 2 is 2.04 bits per heavy atom. The van der Waals surface area contributed by atoms with Gasteiger partial charge < -0.3 is 10.1 Å². The molecule has 0 fully saturated rings. The lowest BCUT2D eigenvalue weighted by Crippen LogP contribution is -2.03. The highest BCUT2D eigenvalue weighted by Crippen LogP contribution is 2.37. The molecular weight excluding hydrogens is 390 g/mol. The number of carbonyl (C=O) groups is 1. The van der Waals surface area contributed by atoms with Gasteiger partial charge in [0.05, 0.1) is 22.5 Å². The molecule has 0 saturated carbocycles. The number of hydrogen-bond acceptors (Lipinski definition) is 4. The predicted molar refractivity (Wildman–Crippen MR) is 105 cm³/mol. The monoisotopic (exact) mass is 409 g/mol. The van der Waals surface area contributed by atoms with Gasteiger partial charge in [-0.2, -0.15) is 5.10 Å². The largest absolute Gasteiger partial charge is 0.477 e. The average Bonchev–Trinajstić information content (AvgIpc) is 3.06. The molecule has 0 saturated heterocycles. The zero-order chi connectivity index (χ0) is 20.1. The molecule has 0 spiro atoms. The second kappa shape index (κ2) is 6.69. The molecular formula is C18H20ClN3O4S. The number of nitrogens with zero attached hydrogens (tertiary/aromatic N) is 2. The first-order valence-corrected chi connectivity index (χ1v) is 10.7. The van der Waals surface area contributed by atoms with Crippen LogP contribution in [-0.2, 0) is 22.6 Å². The first kappa shape index (κ1) is 19.4. The highest BCUT2D eigenvalue weighted by atomic mass is 35.5. The summed E-state index contributed by atoms with van der Waals surface area (Å²) in [5.41, 5.74) is 3.71. The predicted octanol–water partition coefficient (Wildman–Crippen LogP) is 3.59. The summed E-state index contributed by atoms with van der Waals surface area (Å²) in [6.07, 6.45) is 1.14. The molecule has 2 heterocycles. The second-order valence-corrected chi connectivity index (χ2v) is 9.49. The quantitative estimate of drug-likeness (QED) is 0.669. The highest BCUT2D eigenvalue weighted by Gasteiger charge is 2.25. The smallest absolute Gasteiger partial charge is 0.353 e. The fourth-order valence-electron chi connectivity index (χ4n) is 3.21. The van der Waals surface area contributed by atoms with Crippen LogP contribution in [0.15, 0.2) is 18.2 Å². The standard InChI is InChI=1S/C18H20ClN3O4S/c1-9(2)14-16-17(22(3)21-14)13(15(20-16)18(23)24)10-5-6-11(12(19)7-10)8-27(4,25)26/h5-7,9,20H,8H2,1-4H3,(H,23,24).